The monoisotopic (exact) mass is 540 g/mol. The summed E-state index contributed by atoms with van der Waals surface area (Å²) in [5.41, 5.74) is 0.333. The van der Waals surface area contributed by atoms with Crippen LogP contribution in [0.5, 0.6) is 0 Å². The topological polar surface area (TPSA) is 85.3 Å². The van der Waals surface area contributed by atoms with E-state index in [1.807, 2.05) is 0 Å². The van der Waals surface area contributed by atoms with Crippen molar-refractivity contribution in [3.05, 3.63) is 131 Å². The van der Waals surface area contributed by atoms with Gasteiger partial charge in [0, 0.05) is 5.56 Å². The number of carbonyl (C=O) groups is 1. The number of hydrogen-bond donors (Lipinski definition) is 0. The van der Waals surface area contributed by atoms with Crippen LogP contribution in [0.15, 0.2) is 125 Å². The molecule has 0 saturated heterocycles. The van der Waals surface area contributed by atoms with E-state index in [0.717, 1.165) is 30.3 Å². The van der Waals surface area contributed by atoms with Crippen LogP contribution >= 0.6 is 11.3 Å². The first kappa shape index (κ1) is 25.7. The molecule has 0 spiro atoms. The number of carbonyl (C=O) groups excluding carboxylic acids is 1. The van der Waals surface area contributed by atoms with Crippen molar-refractivity contribution >= 4 is 36.8 Å². The molecule has 4 rings (SSSR count). The van der Waals surface area contributed by atoms with Gasteiger partial charge in [-0.05, 0) is 41.3 Å². The van der Waals surface area contributed by atoms with Crippen LogP contribution in [0, 0.1) is 0 Å². The Balaban J connectivity index is 1.90. The largest absolute Gasteiger partial charge is 0.327 e. The number of halogens is 1. The minimum atomic E-state index is -5.12. The minimum absolute atomic E-state index is 0.0363. The van der Waals surface area contributed by atoms with Crippen molar-refractivity contribution in [3.8, 4) is 0 Å². The van der Waals surface area contributed by atoms with Gasteiger partial charge in [-0.15, -0.1) is 17.9 Å². The van der Waals surface area contributed by atoms with E-state index in [-0.39, 0.29) is 11.3 Å². The van der Waals surface area contributed by atoms with E-state index in [0.29, 0.717) is 10.4 Å². The molecule has 3 aromatic carbocycles. The summed E-state index contributed by atoms with van der Waals surface area (Å²) in [5.74, 6) is -2.06. The van der Waals surface area contributed by atoms with Crippen molar-refractivity contribution in [2.45, 2.75) is 20.0 Å². The third kappa shape index (κ3) is 4.23. The van der Waals surface area contributed by atoms with Gasteiger partial charge in [0.05, 0.1) is 20.6 Å². The maximum atomic E-state index is 17.2. The van der Waals surface area contributed by atoms with Crippen molar-refractivity contribution in [3.63, 3.8) is 0 Å². The molecule has 0 fully saturated rings. The van der Waals surface area contributed by atoms with Crippen LogP contribution in [-0.2, 0) is 19.7 Å². The molecule has 0 radical (unpaired) electrons. The van der Waals surface area contributed by atoms with Crippen molar-refractivity contribution in [1.29, 1.82) is 0 Å². The summed E-state index contributed by atoms with van der Waals surface area (Å²) in [6.07, 6.45) is 0.969. The normalized spacial score (nSPS) is 13.1. The Morgan fingerprint density at radius 2 is 1.28 bits per heavy atom. The predicted octanol–water partition coefficient (Wildman–Crippen LogP) is 5.82. The quantitative estimate of drug-likeness (QED) is 0.197. The smallest absolute Gasteiger partial charge is 0.288 e. The van der Waals surface area contributed by atoms with E-state index in [9.17, 15) is 21.6 Å². The van der Waals surface area contributed by atoms with Crippen LogP contribution < -0.4 is 0 Å². The highest BCUT2D eigenvalue weighted by Gasteiger charge is 2.62. The lowest BCUT2D eigenvalue weighted by atomic mass is 9.97. The molecule has 0 aliphatic rings. The maximum absolute atomic E-state index is 17.2. The number of thiophene rings is 1. The number of ketones is 1. The van der Waals surface area contributed by atoms with Gasteiger partial charge in [-0.3, -0.25) is 4.79 Å². The lowest BCUT2D eigenvalue weighted by molar-refractivity contribution is 0.104. The van der Waals surface area contributed by atoms with Crippen molar-refractivity contribution < 1.29 is 26.0 Å². The maximum Gasteiger partial charge on any atom is 0.327 e. The third-order valence-electron chi connectivity index (χ3n) is 5.72. The molecular formula is C27H21FO5S3. The van der Waals surface area contributed by atoms with Gasteiger partial charge in [0.2, 0.25) is 25.5 Å². The summed E-state index contributed by atoms with van der Waals surface area (Å²) in [4.78, 5) is 12.2. The Morgan fingerprint density at radius 3 is 1.69 bits per heavy atom. The molecule has 0 saturated carbocycles. The molecular weight excluding hydrogens is 519 g/mol. The van der Waals surface area contributed by atoms with E-state index >= 15 is 4.39 Å². The van der Waals surface area contributed by atoms with Crippen LogP contribution in [0.2, 0.25) is 0 Å². The van der Waals surface area contributed by atoms with Crippen molar-refractivity contribution in [2.75, 3.05) is 0 Å². The number of benzene rings is 3. The molecule has 0 aliphatic heterocycles. The van der Waals surface area contributed by atoms with Gasteiger partial charge in [-0.2, -0.15) is 0 Å². The molecule has 0 N–H and O–H groups in total. The molecule has 0 aliphatic carbocycles. The number of allylic oxidation sites excluding steroid dienone is 1. The second-order valence-corrected chi connectivity index (χ2v) is 13.2. The fourth-order valence-electron chi connectivity index (χ4n) is 3.87. The molecule has 1 aromatic heterocycles. The highest BCUT2D eigenvalue weighted by molar-refractivity contribution is 8.10. The number of hydrogen-bond acceptors (Lipinski definition) is 6. The average molecular weight is 541 g/mol. The van der Waals surface area contributed by atoms with Gasteiger partial charge in [0.25, 0.3) is 0 Å². The molecule has 0 bridgehead atoms. The number of alkyl halides is 1. The van der Waals surface area contributed by atoms with E-state index < -0.39 is 39.7 Å². The molecule has 4 aromatic rings. The van der Waals surface area contributed by atoms with Gasteiger partial charge in [0.1, 0.15) is 0 Å². The highest BCUT2D eigenvalue weighted by atomic mass is 32.3. The molecule has 0 amide bonds. The van der Waals surface area contributed by atoms with Gasteiger partial charge >= 0.3 is 4.33 Å². The Labute approximate surface area is 213 Å². The second-order valence-electron chi connectivity index (χ2n) is 7.86. The molecule has 1 atom stereocenters. The Bertz CT molecular complexity index is 1510. The number of sulfone groups is 2. The summed E-state index contributed by atoms with van der Waals surface area (Å²) in [6, 6.07) is 22.1. The minimum Gasteiger partial charge on any atom is -0.288 e. The van der Waals surface area contributed by atoms with Crippen molar-refractivity contribution in [1.82, 2.24) is 0 Å². The lowest BCUT2D eigenvalue weighted by Crippen LogP contribution is -2.47. The molecule has 184 valence electrons. The summed E-state index contributed by atoms with van der Waals surface area (Å²) in [5, 5.41) is 1.76. The first-order valence-corrected chi connectivity index (χ1v) is 14.6. The van der Waals surface area contributed by atoms with Crippen LogP contribution in [0.1, 0.15) is 26.7 Å². The zero-order valence-electron chi connectivity index (χ0n) is 18.8. The zero-order chi connectivity index (χ0) is 26.0. The predicted molar refractivity (Wildman–Crippen MR) is 138 cm³/mol. The fourth-order valence-corrected chi connectivity index (χ4v) is 9.09. The molecule has 36 heavy (non-hydrogen) atoms. The van der Waals surface area contributed by atoms with Gasteiger partial charge < -0.3 is 0 Å². The molecule has 1 heterocycles. The van der Waals surface area contributed by atoms with Crippen LogP contribution in [0.25, 0.3) is 0 Å². The summed E-state index contributed by atoms with van der Waals surface area (Å²) in [6.45, 7) is 3.58. The van der Waals surface area contributed by atoms with E-state index in [1.165, 1.54) is 59.9 Å². The van der Waals surface area contributed by atoms with Crippen LogP contribution in [0.3, 0.4) is 0 Å². The fraction of sp³-hybridized carbons (Fsp3) is 0.0741. The highest BCUT2D eigenvalue weighted by Crippen LogP contribution is 2.47. The zero-order valence-corrected chi connectivity index (χ0v) is 21.3. The van der Waals surface area contributed by atoms with Gasteiger partial charge in [-0.25, -0.2) is 21.2 Å². The van der Waals surface area contributed by atoms with E-state index in [2.05, 4.69) is 6.58 Å². The average Bonchev–Trinajstić information content (AvgIpc) is 3.45. The van der Waals surface area contributed by atoms with Crippen LogP contribution in [-0.4, -0.2) is 27.0 Å². The molecule has 0 unspecified atom stereocenters. The van der Waals surface area contributed by atoms with E-state index in [4.69, 9.17) is 0 Å². The van der Waals surface area contributed by atoms with Crippen molar-refractivity contribution in [2.24, 2.45) is 0 Å². The first-order valence-electron chi connectivity index (χ1n) is 10.7. The van der Waals surface area contributed by atoms with Crippen LogP contribution in [0.4, 0.5) is 4.39 Å². The van der Waals surface area contributed by atoms with Gasteiger partial charge in [0.15, 0.2) is 0 Å². The first-order chi connectivity index (χ1) is 17.1. The standard InChI is InChI=1S/C27H21FO5S3/c1-2-24(20-15-17-21(18-16-20)26(29)25-14-9-19-34-25)27(28,35(30,31)22-10-5-3-6-11-22)36(32,33)23-12-7-4-8-13-23/h2-19,24H,1H2/t24-/m0/s1. The third-order valence-corrected chi connectivity index (χ3v) is 11.7. The summed E-state index contributed by atoms with van der Waals surface area (Å²) in [7, 11) is -10.2. The summed E-state index contributed by atoms with van der Waals surface area (Å²) >= 11 is 1.26. The summed E-state index contributed by atoms with van der Waals surface area (Å²) < 4.78 is 68.3. The Hall–Kier alpha value is -3.40. The Kier molecular flexibility index (Phi) is 7.08. The van der Waals surface area contributed by atoms with E-state index in [1.54, 1.807) is 29.6 Å². The SMILES string of the molecule is C=C[C@@H](c1ccc(C(=O)c2cccs2)cc1)C(F)(S(=O)(=O)c1ccccc1)S(=O)(=O)c1ccccc1. The number of rotatable bonds is 9. The molecule has 9 heteroatoms. The van der Waals surface area contributed by atoms with Gasteiger partial charge in [-0.1, -0.05) is 72.8 Å². The Morgan fingerprint density at radius 1 is 0.778 bits per heavy atom. The lowest BCUT2D eigenvalue weighted by Gasteiger charge is -2.31. The molecule has 5 nitrogen and oxygen atoms in total. The second kappa shape index (κ2) is 9.93.